The Morgan fingerprint density at radius 2 is 2.12 bits per heavy atom. The molecule has 1 heterocycles. The summed E-state index contributed by atoms with van der Waals surface area (Å²) < 4.78 is 1.06. The molecule has 0 aliphatic rings. The van der Waals surface area contributed by atoms with E-state index in [-0.39, 0.29) is 0 Å². The monoisotopic (exact) mass is 334 g/mol. The van der Waals surface area contributed by atoms with Crippen molar-refractivity contribution in [2.75, 3.05) is 25.0 Å². The largest absolute Gasteiger partial charge is 0.365 e. The van der Waals surface area contributed by atoms with E-state index in [4.69, 9.17) is 0 Å². The van der Waals surface area contributed by atoms with Gasteiger partial charge < -0.3 is 10.2 Å². The number of anilines is 1. The van der Waals surface area contributed by atoms with Crippen LogP contribution in [0.4, 0.5) is 5.82 Å². The average Bonchev–Trinajstić information content (AvgIpc) is 2.29. The lowest BCUT2D eigenvalue weighted by Crippen LogP contribution is -2.35. The van der Waals surface area contributed by atoms with Crippen LogP contribution < -0.4 is 5.32 Å². The number of halogens is 1. The first-order chi connectivity index (χ1) is 7.67. The van der Waals surface area contributed by atoms with Gasteiger partial charge in [0.1, 0.15) is 12.1 Å². The zero-order valence-corrected chi connectivity index (χ0v) is 12.2. The SMILES string of the molecule is CCN(CC)CC(C)Nc1ncncc1I. The minimum Gasteiger partial charge on any atom is -0.365 e. The topological polar surface area (TPSA) is 41.0 Å². The molecule has 0 radical (unpaired) electrons. The van der Waals surface area contributed by atoms with Crippen LogP contribution in [0, 0.1) is 3.57 Å². The number of nitrogens with zero attached hydrogens (tertiary/aromatic N) is 3. The Hall–Kier alpha value is -0.430. The first kappa shape index (κ1) is 13.6. The summed E-state index contributed by atoms with van der Waals surface area (Å²) in [6.07, 6.45) is 3.40. The van der Waals surface area contributed by atoms with Crippen LogP contribution in [0.25, 0.3) is 0 Å². The fourth-order valence-corrected chi connectivity index (χ4v) is 2.02. The molecule has 0 amide bonds. The Bertz CT molecular complexity index is 315. The van der Waals surface area contributed by atoms with Crippen molar-refractivity contribution in [3.8, 4) is 0 Å². The predicted octanol–water partition coefficient (Wildman–Crippen LogP) is 2.22. The van der Waals surface area contributed by atoms with E-state index in [1.54, 1.807) is 6.33 Å². The molecule has 0 aliphatic carbocycles. The fourth-order valence-electron chi connectivity index (χ4n) is 1.57. The molecule has 0 spiro atoms. The Morgan fingerprint density at radius 3 is 2.69 bits per heavy atom. The van der Waals surface area contributed by atoms with Gasteiger partial charge in [0.05, 0.1) is 3.57 Å². The lowest BCUT2D eigenvalue weighted by Gasteiger charge is -2.23. The summed E-state index contributed by atoms with van der Waals surface area (Å²) in [4.78, 5) is 10.6. The molecule has 0 saturated carbocycles. The second kappa shape index (κ2) is 7.01. The third-order valence-electron chi connectivity index (χ3n) is 2.48. The van der Waals surface area contributed by atoms with Crippen LogP contribution in [0.5, 0.6) is 0 Å². The highest BCUT2D eigenvalue weighted by molar-refractivity contribution is 14.1. The number of hydrogen-bond acceptors (Lipinski definition) is 4. The summed E-state index contributed by atoms with van der Waals surface area (Å²) >= 11 is 2.24. The summed E-state index contributed by atoms with van der Waals surface area (Å²) in [5.74, 6) is 0.926. The maximum absolute atomic E-state index is 4.23. The van der Waals surface area contributed by atoms with E-state index in [0.717, 1.165) is 29.0 Å². The highest BCUT2D eigenvalue weighted by atomic mass is 127. The zero-order chi connectivity index (χ0) is 12.0. The van der Waals surface area contributed by atoms with Gasteiger partial charge in [-0.25, -0.2) is 9.97 Å². The van der Waals surface area contributed by atoms with Gasteiger partial charge >= 0.3 is 0 Å². The molecule has 5 heteroatoms. The van der Waals surface area contributed by atoms with Crippen molar-refractivity contribution >= 4 is 28.4 Å². The van der Waals surface area contributed by atoms with Crippen molar-refractivity contribution in [3.05, 3.63) is 16.1 Å². The highest BCUT2D eigenvalue weighted by Gasteiger charge is 2.09. The van der Waals surface area contributed by atoms with Gasteiger partial charge in [-0.1, -0.05) is 13.8 Å². The maximum Gasteiger partial charge on any atom is 0.143 e. The van der Waals surface area contributed by atoms with E-state index in [1.165, 1.54) is 0 Å². The maximum atomic E-state index is 4.23. The first-order valence-electron chi connectivity index (χ1n) is 5.61. The summed E-state index contributed by atoms with van der Waals surface area (Å²) in [6, 6.07) is 0.392. The van der Waals surface area contributed by atoms with Crippen LogP contribution in [0.3, 0.4) is 0 Å². The molecule has 16 heavy (non-hydrogen) atoms. The van der Waals surface area contributed by atoms with Crippen LogP contribution >= 0.6 is 22.6 Å². The zero-order valence-electron chi connectivity index (χ0n) is 10.1. The summed E-state index contributed by atoms with van der Waals surface area (Å²) in [5, 5.41) is 3.41. The fraction of sp³-hybridized carbons (Fsp3) is 0.636. The van der Waals surface area contributed by atoms with Crippen molar-refractivity contribution in [1.82, 2.24) is 14.9 Å². The van der Waals surface area contributed by atoms with Gasteiger partial charge in [0, 0.05) is 18.8 Å². The Balaban J connectivity index is 2.51. The standard InChI is InChI=1S/C11H19IN4/c1-4-16(5-2)7-9(3)15-11-10(12)6-13-8-14-11/h6,8-9H,4-5,7H2,1-3H3,(H,13,14,15). The number of hydrogen-bond donors (Lipinski definition) is 1. The molecule has 0 aliphatic heterocycles. The van der Waals surface area contributed by atoms with Gasteiger partial charge in [-0.05, 0) is 42.6 Å². The number of likely N-dealkylation sites (N-methyl/N-ethyl adjacent to an activating group) is 1. The summed E-state index contributed by atoms with van der Waals surface area (Å²) in [6.45, 7) is 9.76. The average molecular weight is 334 g/mol. The molecule has 0 fully saturated rings. The van der Waals surface area contributed by atoms with Crippen molar-refractivity contribution in [1.29, 1.82) is 0 Å². The number of nitrogens with one attached hydrogen (secondary N) is 1. The molecule has 1 aromatic heterocycles. The van der Waals surface area contributed by atoms with Crippen LogP contribution in [-0.4, -0.2) is 40.5 Å². The Kier molecular flexibility index (Phi) is 5.97. The lowest BCUT2D eigenvalue weighted by molar-refractivity contribution is 0.294. The quantitative estimate of drug-likeness (QED) is 0.810. The highest BCUT2D eigenvalue weighted by Crippen LogP contribution is 2.13. The second-order valence-corrected chi connectivity index (χ2v) is 4.91. The molecule has 90 valence electrons. The Morgan fingerprint density at radius 1 is 1.44 bits per heavy atom. The van der Waals surface area contributed by atoms with E-state index in [0.29, 0.717) is 6.04 Å². The van der Waals surface area contributed by atoms with Gasteiger partial charge in [-0.3, -0.25) is 0 Å². The molecule has 4 nitrogen and oxygen atoms in total. The van der Waals surface area contributed by atoms with E-state index in [9.17, 15) is 0 Å². The first-order valence-corrected chi connectivity index (χ1v) is 6.69. The molecule has 0 bridgehead atoms. The smallest absolute Gasteiger partial charge is 0.143 e. The third kappa shape index (κ3) is 4.21. The van der Waals surface area contributed by atoms with Crippen LogP contribution in [-0.2, 0) is 0 Å². The molecule has 0 saturated heterocycles. The van der Waals surface area contributed by atoms with Gasteiger partial charge in [0.25, 0.3) is 0 Å². The number of aromatic nitrogens is 2. The predicted molar refractivity (Wildman–Crippen MR) is 75.6 cm³/mol. The normalized spacial score (nSPS) is 12.8. The van der Waals surface area contributed by atoms with E-state index >= 15 is 0 Å². The van der Waals surface area contributed by atoms with Gasteiger partial charge in [-0.2, -0.15) is 0 Å². The van der Waals surface area contributed by atoms with Crippen molar-refractivity contribution in [2.24, 2.45) is 0 Å². The molecule has 1 rings (SSSR count). The van der Waals surface area contributed by atoms with E-state index in [2.05, 4.69) is 63.5 Å². The molecule has 1 atom stereocenters. The molecule has 1 N–H and O–H groups in total. The van der Waals surface area contributed by atoms with E-state index < -0.39 is 0 Å². The summed E-state index contributed by atoms with van der Waals surface area (Å²) in [7, 11) is 0. The number of rotatable bonds is 6. The van der Waals surface area contributed by atoms with Crippen LogP contribution in [0.1, 0.15) is 20.8 Å². The van der Waals surface area contributed by atoms with E-state index in [1.807, 2.05) is 6.20 Å². The van der Waals surface area contributed by atoms with Gasteiger partial charge in [0.15, 0.2) is 0 Å². The molecular formula is C11H19IN4. The van der Waals surface area contributed by atoms with Crippen molar-refractivity contribution in [2.45, 2.75) is 26.8 Å². The molecular weight excluding hydrogens is 315 g/mol. The second-order valence-electron chi connectivity index (χ2n) is 3.75. The Labute approximate surface area is 111 Å². The van der Waals surface area contributed by atoms with Gasteiger partial charge in [0.2, 0.25) is 0 Å². The molecule has 1 aromatic rings. The molecule has 0 aromatic carbocycles. The minimum absolute atomic E-state index is 0.392. The van der Waals surface area contributed by atoms with Crippen LogP contribution in [0.2, 0.25) is 0 Å². The van der Waals surface area contributed by atoms with Crippen molar-refractivity contribution < 1.29 is 0 Å². The van der Waals surface area contributed by atoms with Crippen molar-refractivity contribution in [3.63, 3.8) is 0 Å². The molecule has 1 unspecified atom stereocenters. The lowest BCUT2D eigenvalue weighted by atomic mass is 10.3. The van der Waals surface area contributed by atoms with Crippen LogP contribution in [0.15, 0.2) is 12.5 Å². The minimum atomic E-state index is 0.392. The van der Waals surface area contributed by atoms with Gasteiger partial charge in [-0.15, -0.1) is 0 Å². The summed E-state index contributed by atoms with van der Waals surface area (Å²) in [5.41, 5.74) is 0. The third-order valence-corrected chi connectivity index (χ3v) is 3.27.